The topological polar surface area (TPSA) is 40.5 Å². The highest BCUT2D eigenvalue weighted by Crippen LogP contribution is 2.35. The highest BCUT2D eigenvalue weighted by Gasteiger charge is 2.14. The molecule has 0 aromatic heterocycles. The summed E-state index contributed by atoms with van der Waals surface area (Å²) in [5.41, 5.74) is 3.25. The molecule has 0 spiro atoms. The van der Waals surface area contributed by atoms with Crippen molar-refractivity contribution < 1.29 is 10.2 Å². The summed E-state index contributed by atoms with van der Waals surface area (Å²) < 4.78 is 0. The van der Waals surface area contributed by atoms with E-state index in [0.717, 1.165) is 43.2 Å². The van der Waals surface area contributed by atoms with Crippen LogP contribution in [0.1, 0.15) is 49.8 Å². The van der Waals surface area contributed by atoms with E-state index in [1.807, 2.05) is 6.92 Å². The van der Waals surface area contributed by atoms with Crippen molar-refractivity contribution in [3.05, 3.63) is 22.8 Å². The molecule has 2 nitrogen and oxygen atoms in total. The zero-order valence-corrected chi connectivity index (χ0v) is 10.5. The second-order valence-electron chi connectivity index (χ2n) is 4.37. The van der Waals surface area contributed by atoms with Crippen molar-refractivity contribution in [3.8, 4) is 11.5 Å². The summed E-state index contributed by atoms with van der Waals surface area (Å²) in [6, 6.07) is 1.67. The van der Waals surface area contributed by atoms with E-state index < -0.39 is 0 Å². The summed E-state index contributed by atoms with van der Waals surface area (Å²) in [7, 11) is 0. The number of unbranched alkanes of at least 4 members (excludes halogenated alkanes) is 1. The summed E-state index contributed by atoms with van der Waals surface area (Å²) in [6.07, 6.45) is 5.08. The van der Waals surface area contributed by atoms with Crippen LogP contribution in [0.3, 0.4) is 0 Å². The maximum Gasteiger partial charge on any atom is 0.160 e. The largest absolute Gasteiger partial charge is 0.504 e. The van der Waals surface area contributed by atoms with E-state index in [0.29, 0.717) is 0 Å². The van der Waals surface area contributed by atoms with Gasteiger partial charge in [-0.15, -0.1) is 0 Å². The summed E-state index contributed by atoms with van der Waals surface area (Å²) in [4.78, 5) is 0. The Bertz CT molecular complexity index is 356. The van der Waals surface area contributed by atoms with Gasteiger partial charge in [0, 0.05) is 5.56 Å². The Kier molecular flexibility index (Phi) is 4.66. The molecule has 1 aromatic rings. The molecule has 2 N–H and O–H groups in total. The molecular formula is C14H22O2. The van der Waals surface area contributed by atoms with Crippen molar-refractivity contribution in [3.63, 3.8) is 0 Å². The highest BCUT2D eigenvalue weighted by atomic mass is 16.3. The molecule has 0 aliphatic heterocycles. The van der Waals surface area contributed by atoms with E-state index in [9.17, 15) is 10.2 Å². The normalized spacial score (nSPS) is 10.7. The predicted molar refractivity (Wildman–Crippen MR) is 67.1 cm³/mol. The van der Waals surface area contributed by atoms with Crippen LogP contribution in [0.25, 0.3) is 0 Å². The van der Waals surface area contributed by atoms with Crippen molar-refractivity contribution in [1.29, 1.82) is 0 Å². The Morgan fingerprint density at radius 3 is 2.25 bits per heavy atom. The molecule has 0 unspecified atom stereocenters. The molecule has 0 saturated carbocycles. The molecule has 0 radical (unpaired) electrons. The summed E-state index contributed by atoms with van der Waals surface area (Å²) in [6.45, 7) is 6.25. The van der Waals surface area contributed by atoms with Crippen LogP contribution in [-0.2, 0) is 12.8 Å². The maximum absolute atomic E-state index is 9.88. The Balaban J connectivity index is 3.15. The zero-order valence-electron chi connectivity index (χ0n) is 10.5. The van der Waals surface area contributed by atoms with E-state index in [4.69, 9.17) is 0 Å². The number of aryl methyl sites for hydroxylation is 1. The number of rotatable bonds is 5. The molecule has 0 atom stereocenters. The van der Waals surface area contributed by atoms with Crippen LogP contribution in [-0.4, -0.2) is 10.2 Å². The van der Waals surface area contributed by atoms with Crippen molar-refractivity contribution >= 4 is 0 Å². The molecule has 0 aliphatic rings. The van der Waals surface area contributed by atoms with Crippen molar-refractivity contribution in [2.24, 2.45) is 0 Å². The van der Waals surface area contributed by atoms with Crippen LogP contribution in [0.4, 0.5) is 0 Å². The lowest BCUT2D eigenvalue weighted by Crippen LogP contribution is -1.99. The van der Waals surface area contributed by atoms with Gasteiger partial charge < -0.3 is 10.2 Å². The lowest BCUT2D eigenvalue weighted by atomic mass is 9.93. The molecule has 1 rings (SSSR count). The first-order valence-electron chi connectivity index (χ1n) is 6.15. The van der Waals surface area contributed by atoms with Gasteiger partial charge >= 0.3 is 0 Å². The minimum atomic E-state index is 0.0150. The number of hydrogen-bond acceptors (Lipinski definition) is 2. The van der Waals surface area contributed by atoms with Crippen LogP contribution >= 0.6 is 0 Å². The third-order valence-electron chi connectivity index (χ3n) is 3.00. The maximum atomic E-state index is 9.88. The zero-order chi connectivity index (χ0) is 12.1. The smallest absolute Gasteiger partial charge is 0.160 e. The van der Waals surface area contributed by atoms with E-state index in [2.05, 4.69) is 13.8 Å². The average Bonchev–Trinajstić information content (AvgIpc) is 2.25. The molecule has 0 bridgehead atoms. The fraction of sp³-hybridized carbons (Fsp3) is 0.571. The van der Waals surface area contributed by atoms with Gasteiger partial charge in [0.2, 0.25) is 0 Å². The first-order chi connectivity index (χ1) is 7.61. The monoisotopic (exact) mass is 222 g/mol. The second-order valence-corrected chi connectivity index (χ2v) is 4.37. The fourth-order valence-electron chi connectivity index (χ4n) is 2.12. The van der Waals surface area contributed by atoms with E-state index in [-0.39, 0.29) is 11.5 Å². The predicted octanol–water partition coefficient (Wildman–Crippen LogP) is 3.70. The number of phenolic OH excluding ortho intramolecular Hbond substituents is 2. The molecule has 0 saturated heterocycles. The summed E-state index contributed by atoms with van der Waals surface area (Å²) in [5, 5.41) is 19.5. The van der Waals surface area contributed by atoms with E-state index >= 15 is 0 Å². The van der Waals surface area contributed by atoms with Gasteiger partial charge in [-0.1, -0.05) is 26.7 Å². The molecule has 0 aliphatic carbocycles. The van der Waals surface area contributed by atoms with E-state index in [1.54, 1.807) is 6.07 Å². The molecule has 0 heterocycles. The Morgan fingerprint density at radius 1 is 1.00 bits per heavy atom. The van der Waals surface area contributed by atoms with Gasteiger partial charge in [0.1, 0.15) is 0 Å². The van der Waals surface area contributed by atoms with Gasteiger partial charge in [-0.3, -0.25) is 0 Å². The van der Waals surface area contributed by atoms with Crippen LogP contribution in [0.2, 0.25) is 0 Å². The average molecular weight is 222 g/mol. The van der Waals surface area contributed by atoms with Gasteiger partial charge in [0.05, 0.1) is 0 Å². The summed E-state index contributed by atoms with van der Waals surface area (Å²) in [5.74, 6) is 0.0970. The van der Waals surface area contributed by atoms with Gasteiger partial charge in [-0.2, -0.15) is 0 Å². The quantitative estimate of drug-likeness (QED) is 0.746. The summed E-state index contributed by atoms with van der Waals surface area (Å²) >= 11 is 0. The number of benzene rings is 1. The second kappa shape index (κ2) is 5.78. The molecule has 2 heteroatoms. The third-order valence-corrected chi connectivity index (χ3v) is 3.00. The van der Waals surface area contributed by atoms with Crippen molar-refractivity contribution in [2.75, 3.05) is 0 Å². The van der Waals surface area contributed by atoms with Gasteiger partial charge in [0.15, 0.2) is 11.5 Å². The molecular weight excluding hydrogens is 200 g/mol. The highest BCUT2D eigenvalue weighted by molar-refractivity contribution is 5.52. The Hall–Kier alpha value is -1.18. The van der Waals surface area contributed by atoms with Crippen LogP contribution in [0.5, 0.6) is 11.5 Å². The number of hydrogen-bond donors (Lipinski definition) is 2. The van der Waals surface area contributed by atoms with Crippen molar-refractivity contribution in [1.82, 2.24) is 0 Å². The van der Waals surface area contributed by atoms with Gasteiger partial charge in [0.25, 0.3) is 0 Å². The minimum absolute atomic E-state index is 0.0150. The van der Waals surface area contributed by atoms with Gasteiger partial charge in [-0.05, 0) is 43.4 Å². The molecule has 0 fully saturated rings. The Morgan fingerprint density at radius 2 is 1.69 bits per heavy atom. The third kappa shape index (κ3) is 2.69. The van der Waals surface area contributed by atoms with Crippen molar-refractivity contribution in [2.45, 2.75) is 52.9 Å². The molecule has 90 valence electrons. The molecule has 1 aromatic carbocycles. The van der Waals surface area contributed by atoms with Crippen LogP contribution in [0, 0.1) is 6.92 Å². The lowest BCUT2D eigenvalue weighted by Gasteiger charge is -2.15. The van der Waals surface area contributed by atoms with Gasteiger partial charge in [-0.25, -0.2) is 0 Å². The fourth-order valence-corrected chi connectivity index (χ4v) is 2.12. The first kappa shape index (κ1) is 12.9. The van der Waals surface area contributed by atoms with Crippen LogP contribution < -0.4 is 0 Å². The molecule has 0 amide bonds. The number of phenols is 2. The minimum Gasteiger partial charge on any atom is -0.504 e. The van der Waals surface area contributed by atoms with Crippen LogP contribution in [0.15, 0.2) is 6.07 Å². The molecule has 16 heavy (non-hydrogen) atoms. The number of aromatic hydroxyl groups is 2. The SMILES string of the molecule is CCCCc1c(C)cc(O)c(O)c1CCC. The Labute approximate surface area is 97.9 Å². The first-order valence-corrected chi connectivity index (χ1v) is 6.15. The lowest BCUT2D eigenvalue weighted by molar-refractivity contribution is 0.397. The standard InChI is InChI=1S/C14H22O2/c1-4-6-8-11-10(3)9-13(15)14(16)12(11)7-5-2/h9,15-16H,4-8H2,1-3H3. The van der Waals surface area contributed by atoms with E-state index in [1.165, 1.54) is 5.56 Å².